The van der Waals surface area contributed by atoms with Crippen LogP contribution in [0.2, 0.25) is 0 Å². The third kappa shape index (κ3) is 3.83. The number of benzene rings is 2. The van der Waals surface area contributed by atoms with Gasteiger partial charge in [-0.2, -0.15) is 0 Å². The van der Waals surface area contributed by atoms with E-state index in [1.54, 1.807) is 0 Å². The first-order valence-electron chi connectivity index (χ1n) is 10.8. The molecule has 3 heterocycles. The van der Waals surface area contributed by atoms with Crippen molar-refractivity contribution in [1.29, 1.82) is 0 Å². The molecule has 0 N–H and O–H groups in total. The van der Waals surface area contributed by atoms with E-state index in [0.717, 1.165) is 49.0 Å². The highest BCUT2D eigenvalue weighted by molar-refractivity contribution is 5.83. The number of hydrogen-bond acceptors (Lipinski definition) is 6. The van der Waals surface area contributed by atoms with E-state index in [2.05, 4.69) is 69.3 Å². The summed E-state index contributed by atoms with van der Waals surface area (Å²) in [4.78, 5) is 14.2. The molecule has 0 saturated carbocycles. The maximum absolute atomic E-state index is 4.76. The number of aromatic nitrogens is 5. The average Bonchev–Trinajstić information content (AvgIpc) is 3.18. The number of nitrogens with zero attached hydrogens (tertiary/aromatic N) is 7. The Morgan fingerprint density at radius 2 is 1.58 bits per heavy atom. The first-order chi connectivity index (χ1) is 15.1. The standard InChI is InChI=1S/C24H27N7/c1-17-9-10-18(2)21(15-17)29-11-13-30(14-12-29)23-22-24(26-19(3)25-23)31(28-27-22)16-20-7-5-4-6-8-20/h4-10,15H,11-14,16H2,1-3H3. The Hall–Kier alpha value is -3.48. The van der Waals surface area contributed by atoms with Crippen molar-refractivity contribution < 1.29 is 0 Å². The Kier molecular flexibility index (Phi) is 5.02. The van der Waals surface area contributed by atoms with E-state index in [1.165, 1.54) is 22.4 Å². The lowest BCUT2D eigenvalue weighted by Gasteiger charge is -2.37. The monoisotopic (exact) mass is 413 g/mol. The number of hydrogen-bond donors (Lipinski definition) is 0. The van der Waals surface area contributed by atoms with Crippen molar-refractivity contribution in [3.8, 4) is 0 Å². The molecule has 2 aromatic heterocycles. The van der Waals surface area contributed by atoms with Gasteiger partial charge in [0.15, 0.2) is 17.0 Å². The van der Waals surface area contributed by atoms with Gasteiger partial charge in [0.05, 0.1) is 6.54 Å². The van der Waals surface area contributed by atoms with Crippen molar-refractivity contribution >= 4 is 22.7 Å². The van der Waals surface area contributed by atoms with Gasteiger partial charge in [0.25, 0.3) is 0 Å². The van der Waals surface area contributed by atoms with Crippen LogP contribution in [0.25, 0.3) is 11.2 Å². The molecule has 1 fully saturated rings. The number of aryl methyl sites for hydroxylation is 3. The lowest BCUT2D eigenvalue weighted by atomic mass is 10.1. The van der Waals surface area contributed by atoms with Crippen molar-refractivity contribution in [2.45, 2.75) is 27.3 Å². The lowest BCUT2D eigenvalue weighted by Crippen LogP contribution is -2.47. The highest BCUT2D eigenvalue weighted by Crippen LogP contribution is 2.27. The largest absolute Gasteiger partial charge is 0.368 e. The van der Waals surface area contributed by atoms with Gasteiger partial charge in [-0.05, 0) is 43.5 Å². The predicted molar refractivity (Wildman–Crippen MR) is 124 cm³/mol. The van der Waals surface area contributed by atoms with Crippen LogP contribution in [0.5, 0.6) is 0 Å². The molecule has 0 atom stereocenters. The second-order valence-corrected chi connectivity index (χ2v) is 8.26. The van der Waals surface area contributed by atoms with Gasteiger partial charge in [-0.15, -0.1) is 5.10 Å². The van der Waals surface area contributed by atoms with Gasteiger partial charge in [0, 0.05) is 31.9 Å². The normalized spacial score (nSPS) is 14.4. The van der Waals surface area contributed by atoms with Gasteiger partial charge in [-0.1, -0.05) is 47.7 Å². The molecule has 0 unspecified atom stereocenters. The predicted octanol–water partition coefficient (Wildman–Crippen LogP) is 3.52. The van der Waals surface area contributed by atoms with E-state index in [0.29, 0.717) is 6.54 Å². The Balaban J connectivity index is 1.40. The maximum atomic E-state index is 4.76. The molecule has 1 saturated heterocycles. The molecule has 0 spiro atoms. The summed E-state index contributed by atoms with van der Waals surface area (Å²) < 4.78 is 1.87. The summed E-state index contributed by atoms with van der Waals surface area (Å²) in [5.74, 6) is 1.64. The van der Waals surface area contributed by atoms with E-state index in [9.17, 15) is 0 Å². The van der Waals surface area contributed by atoms with E-state index in [4.69, 9.17) is 4.98 Å². The van der Waals surface area contributed by atoms with Crippen LogP contribution in [0.15, 0.2) is 48.5 Å². The molecule has 2 aromatic carbocycles. The maximum Gasteiger partial charge on any atom is 0.184 e. The van der Waals surface area contributed by atoms with Crippen LogP contribution < -0.4 is 9.80 Å². The fourth-order valence-corrected chi connectivity index (χ4v) is 4.25. The number of rotatable bonds is 4. The minimum Gasteiger partial charge on any atom is -0.368 e. The number of piperazine rings is 1. The quantitative estimate of drug-likeness (QED) is 0.510. The summed E-state index contributed by atoms with van der Waals surface area (Å²) in [7, 11) is 0. The van der Waals surface area contributed by atoms with E-state index < -0.39 is 0 Å². The highest BCUT2D eigenvalue weighted by Gasteiger charge is 2.24. The number of anilines is 2. The molecule has 5 rings (SSSR count). The molecule has 7 nitrogen and oxygen atoms in total. The molecule has 0 amide bonds. The minimum atomic E-state index is 0.646. The van der Waals surface area contributed by atoms with Gasteiger partial charge in [0.1, 0.15) is 5.82 Å². The van der Waals surface area contributed by atoms with Crippen LogP contribution in [-0.4, -0.2) is 51.1 Å². The fraction of sp³-hybridized carbons (Fsp3) is 0.333. The summed E-state index contributed by atoms with van der Waals surface area (Å²) in [5.41, 5.74) is 6.70. The van der Waals surface area contributed by atoms with Gasteiger partial charge >= 0.3 is 0 Å². The molecule has 1 aliphatic heterocycles. The molecule has 0 aliphatic carbocycles. The molecular weight excluding hydrogens is 386 g/mol. The summed E-state index contributed by atoms with van der Waals surface area (Å²) in [5, 5.41) is 8.86. The second kappa shape index (κ2) is 7.98. The SMILES string of the molecule is Cc1ccc(C)c(N2CCN(c3nc(C)nc4c3nnn4Cc3ccccc3)CC2)c1. The third-order valence-corrected chi connectivity index (χ3v) is 5.92. The molecule has 158 valence electrons. The first-order valence-corrected chi connectivity index (χ1v) is 10.8. The van der Waals surface area contributed by atoms with E-state index in [-0.39, 0.29) is 0 Å². The van der Waals surface area contributed by atoms with Crippen LogP contribution >= 0.6 is 0 Å². The molecule has 1 aliphatic rings. The van der Waals surface area contributed by atoms with Gasteiger partial charge in [-0.3, -0.25) is 0 Å². The van der Waals surface area contributed by atoms with Crippen LogP contribution in [0.3, 0.4) is 0 Å². The molecular formula is C24H27N7. The van der Waals surface area contributed by atoms with Crippen molar-refractivity contribution in [3.05, 3.63) is 71.0 Å². The molecule has 4 aromatic rings. The molecule has 7 heteroatoms. The van der Waals surface area contributed by atoms with Crippen LogP contribution in [0, 0.1) is 20.8 Å². The number of fused-ring (bicyclic) bond motifs is 1. The topological polar surface area (TPSA) is 63.0 Å². The van der Waals surface area contributed by atoms with E-state index in [1.807, 2.05) is 29.8 Å². The zero-order valence-corrected chi connectivity index (χ0v) is 18.3. The van der Waals surface area contributed by atoms with Crippen molar-refractivity contribution in [2.75, 3.05) is 36.0 Å². The van der Waals surface area contributed by atoms with Gasteiger partial charge < -0.3 is 9.80 Å². The Morgan fingerprint density at radius 1 is 0.839 bits per heavy atom. The third-order valence-electron chi connectivity index (χ3n) is 5.92. The first kappa shape index (κ1) is 19.5. The van der Waals surface area contributed by atoms with E-state index >= 15 is 0 Å². The lowest BCUT2D eigenvalue weighted by molar-refractivity contribution is 0.646. The average molecular weight is 414 g/mol. The van der Waals surface area contributed by atoms with Crippen molar-refractivity contribution in [1.82, 2.24) is 25.0 Å². The minimum absolute atomic E-state index is 0.646. The smallest absolute Gasteiger partial charge is 0.184 e. The van der Waals surface area contributed by atoms with Gasteiger partial charge in [0.2, 0.25) is 0 Å². The zero-order chi connectivity index (χ0) is 21.4. The van der Waals surface area contributed by atoms with Gasteiger partial charge in [-0.25, -0.2) is 14.6 Å². The Bertz CT molecular complexity index is 1210. The second-order valence-electron chi connectivity index (χ2n) is 8.26. The summed E-state index contributed by atoms with van der Waals surface area (Å²) in [6, 6.07) is 16.9. The molecule has 0 bridgehead atoms. The summed E-state index contributed by atoms with van der Waals surface area (Å²) in [6.07, 6.45) is 0. The molecule has 0 radical (unpaired) electrons. The summed E-state index contributed by atoms with van der Waals surface area (Å²) in [6.45, 7) is 10.6. The fourth-order valence-electron chi connectivity index (χ4n) is 4.25. The summed E-state index contributed by atoms with van der Waals surface area (Å²) >= 11 is 0. The molecule has 31 heavy (non-hydrogen) atoms. The van der Waals surface area contributed by atoms with Crippen molar-refractivity contribution in [2.24, 2.45) is 0 Å². The van der Waals surface area contributed by atoms with Crippen LogP contribution in [0.1, 0.15) is 22.5 Å². The van der Waals surface area contributed by atoms with Crippen LogP contribution in [0.4, 0.5) is 11.5 Å². The Morgan fingerprint density at radius 3 is 2.35 bits per heavy atom. The zero-order valence-electron chi connectivity index (χ0n) is 18.3. The van der Waals surface area contributed by atoms with Crippen molar-refractivity contribution in [3.63, 3.8) is 0 Å². The van der Waals surface area contributed by atoms with Crippen LogP contribution in [-0.2, 0) is 6.54 Å². The highest BCUT2D eigenvalue weighted by atomic mass is 15.5. The Labute approximate surface area is 182 Å².